The maximum atomic E-state index is 12.2. The molecule has 1 saturated heterocycles. The number of piperazine rings is 1. The first-order chi connectivity index (χ1) is 15.1. The van der Waals surface area contributed by atoms with Gasteiger partial charge in [-0.15, -0.1) is 0 Å². The number of pyridine rings is 1. The van der Waals surface area contributed by atoms with Gasteiger partial charge in [-0.1, -0.05) is 0 Å². The smallest absolute Gasteiger partial charge is 0.409 e. The van der Waals surface area contributed by atoms with Crippen LogP contribution in [-0.2, 0) is 4.74 Å². The molecule has 0 aromatic carbocycles. The van der Waals surface area contributed by atoms with Gasteiger partial charge < -0.3 is 24.2 Å². The molecule has 31 heavy (non-hydrogen) atoms. The molecular formula is C21H27N7O3. The van der Waals surface area contributed by atoms with Crippen molar-refractivity contribution >= 4 is 17.6 Å². The molecule has 0 bridgehead atoms. The lowest BCUT2D eigenvalue weighted by molar-refractivity contribution is 0.0940. The van der Waals surface area contributed by atoms with Crippen molar-refractivity contribution in [1.82, 2.24) is 29.4 Å². The van der Waals surface area contributed by atoms with Gasteiger partial charge in [-0.2, -0.15) is 5.10 Å². The van der Waals surface area contributed by atoms with Gasteiger partial charge in [0, 0.05) is 50.7 Å². The average Bonchev–Trinajstić information content (AvgIpc) is 3.22. The van der Waals surface area contributed by atoms with Gasteiger partial charge >= 0.3 is 6.09 Å². The first-order valence-corrected chi connectivity index (χ1v) is 10.2. The Morgan fingerprint density at radius 3 is 2.71 bits per heavy atom. The lowest BCUT2D eigenvalue weighted by Gasteiger charge is -2.34. The van der Waals surface area contributed by atoms with Crippen LogP contribution in [0.1, 0.15) is 0 Å². The lowest BCUT2D eigenvalue weighted by Crippen LogP contribution is -2.49. The van der Waals surface area contributed by atoms with E-state index in [1.165, 1.54) is 0 Å². The molecule has 1 amide bonds. The number of rotatable bonds is 6. The van der Waals surface area contributed by atoms with Crippen LogP contribution in [0.5, 0.6) is 5.88 Å². The summed E-state index contributed by atoms with van der Waals surface area (Å²) in [6.45, 7) is 3.67. The first kappa shape index (κ1) is 20.9. The van der Waals surface area contributed by atoms with E-state index in [4.69, 9.17) is 14.5 Å². The van der Waals surface area contributed by atoms with Crippen LogP contribution in [-0.4, -0.2) is 96.0 Å². The fourth-order valence-corrected chi connectivity index (χ4v) is 3.51. The number of carbonyl (C=O) groups excluding carboxylic acids is 1. The van der Waals surface area contributed by atoms with Gasteiger partial charge in [-0.3, -0.25) is 0 Å². The predicted octanol–water partition coefficient (Wildman–Crippen LogP) is 1.62. The number of anilines is 1. The van der Waals surface area contributed by atoms with E-state index in [-0.39, 0.29) is 6.09 Å². The number of fused-ring (bicyclic) bond motifs is 1. The third-order valence-electron chi connectivity index (χ3n) is 5.23. The molecule has 1 fully saturated rings. The van der Waals surface area contributed by atoms with Crippen LogP contribution in [0.25, 0.3) is 16.8 Å². The standard InChI is InChI=1S/C21H27N7O3/c1-25(2)13-14-31-21(29)27-11-9-26(10-12-27)18-6-8-28-19(24-18)17(15-23-28)16-5-4-7-22-20(16)30-3/h4-8,15H,9-14H2,1-3H3. The highest BCUT2D eigenvalue weighted by atomic mass is 16.6. The molecule has 0 unspecified atom stereocenters. The second-order valence-electron chi connectivity index (χ2n) is 7.56. The van der Waals surface area contributed by atoms with E-state index < -0.39 is 0 Å². The Hall–Kier alpha value is -3.40. The molecular weight excluding hydrogens is 398 g/mol. The number of nitrogens with zero attached hydrogens (tertiary/aromatic N) is 7. The van der Waals surface area contributed by atoms with E-state index in [9.17, 15) is 4.79 Å². The highest BCUT2D eigenvalue weighted by Crippen LogP contribution is 2.31. The first-order valence-electron chi connectivity index (χ1n) is 10.2. The molecule has 10 heteroatoms. The van der Waals surface area contributed by atoms with E-state index in [2.05, 4.69) is 15.0 Å². The number of hydrogen-bond donors (Lipinski definition) is 0. The monoisotopic (exact) mass is 425 g/mol. The van der Waals surface area contributed by atoms with Gasteiger partial charge in [0.1, 0.15) is 12.4 Å². The molecule has 1 aliphatic heterocycles. The summed E-state index contributed by atoms with van der Waals surface area (Å²) in [6.07, 6.45) is 5.10. The zero-order valence-corrected chi connectivity index (χ0v) is 18.1. The Labute approximate surface area is 181 Å². The van der Waals surface area contributed by atoms with Crippen LogP contribution in [0.15, 0.2) is 36.8 Å². The summed E-state index contributed by atoms with van der Waals surface area (Å²) in [4.78, 5) is 27.3. The fraction of sp³-hybridized carbons (Fsp3) is 0.429. The summed E-state index contributed by atoms with van der Waals surface area (Å²) in [5, 5.41) is 4.41. The molecule has 0 N–H and O–H groups in total. The summed E-state index contributed by atoms with van der Waals surface area (Å²) in [6, 6.07) is 5.75. The van der Waals surface area contributed by atoms with Crippen molar-refractivity contribution in [2.75, 3.05) is 65.4 Å². The molecule has 10 nitrogen and oxygen atoms in total. The Balaban J connectivity index is 1.47. The second-order valence-corrected chi connectivity index (χ2v) is 7.56. The van der Waals surface area contributed by atoms with Gasteiger partial charge in [0.15, 0.2) is 5.65 Å². The van der Waals surface area contributed by atoms with Crippen molar-refractivity contribution < 1.29 is 14.3 Å². The van der Waals surface area contributed by atoms with Gasteiger partial charge in [0.05, 0.1) is 18.9 Å². The third-order valence-corrected chi connectivity index (χ3v) is 5.23. The largest absolute Gasteiger partial charge is 0.481 e. The van der Waals surface area contributed by atoms with Gasteiger partial charge in [0.2, 0.25) is 5.88 Å². The Bertz CT molecular complexity index is 1040. The van der Waals surface area contributed by atoms with Crippen LogP contribution in [0.2, 0.25) is 0 Å². The number of hydrogen-bond acceptors (Lipinski definition) is 8. The maximum absolute atomic E-state index is 12.2. The van der Waals surface area contributed by atoms with E-state index in [1.807, 2.05) is 43.4 Å². The predicted molar refractivity (Wildman–Crippen MR) is 116 cm³/mol. The molecule has 3 aromatic rings. The minimum Gasteiger partial charge on any atom is -0.481 e. The third kappa shape index (κ3) is 4.53. The molecule has 3 aromatic heterocycles. The van der Waals surface area contributed by atoms with Crippen molar-refractivity contribution in [2.45, 2.75) is 0 Å². The summed E-state index contributed by atoms with van der Waals surface area (Å²) in [5.74, 6) is 1.38. The Morgan fingerprint density at radius 2 is 1.97 bits per heavy atom. The molecule has 4 rings (SSSR count). The summed E-state index contributed by atoms with van der Waals surface area (Å²) in [5.41, 5.74) is 2.43. The SMILES string of the molecule is COc1ncccc1-c1cnn2ccc(N3CCN(C(=O)OCCN(C)C)CC3)nc12. The number of methoxy groups -OCH3 is 1. The van der Waals surface area contributed by atoms with Gasteiger partial charge in [0.25, 0.3) is 0 Å². The normalized spacial score (nSPS) is 14.3. The average molecular weight is 425 g/mol. The molecule has 0 aliphatic carbocycles. The van der Waals surface area contributed by atoms with Crippen molar-refractivity contribution in [1.29, 1.82) is 0 Å². The van der Waals surface area contributed by atoms with E-state index in [0.717, 1.165) is 22.6 Å². The number of carbonyl (C=O) groups is 1. The maximum Gasteiger partial charge on any atom is 0.409 e. The number of ether oxygens (including phenoxy) is 2. The topological polar surface area (TPSA) is 88.3 Å². The van der Waals surface area contributed by atoms with Gasteiger partial charge in [-0.25, -0.2) is 19.3 Å². The molecule has 0 radical (unpaired) electrons. The quantitative estimate of drug-likeness (QED) is 0.589. The van der Waals surface area contributed by atoms with Crippen molar-refractivity contribution in [3.05, 3.63) is 36.8 Å². The summed E-state index contributed by atoms with van der Waals surface area (Å²) in [7, 11) is 5.50. The van der Waals surface area contributed by atoms with Crippen molar-refractivity contribution in [3.63, 3.8) is 0 Å². The molecule has 0 saturated carbocycles. The highest BCUT2D eigenvalue weighted by Gasteiger charge is 2.23. The fourth-order valence-electron chi connectivity index (χ4n) is 3.51. The number of likely N-dealkylation sites (N-methyl/N-ethyl adjacent to an activating group) is 1. The van der Waals surface area contributed by atoms with Crippen LogP contribution in [0, 0.1) is 0 Å². The van der Waals surface area contributed by atoms with E-state index in [0.29, 0.717) is 45.2 Å². The van der Waals surface area contributed by atoms with Crippen molar-refractivity contribution in [2.24, 2.45) is 0 Å². The molecule has 164 valence electrons. The Kier molecular flexibility index (Phi) is 6.17. The van der Waals surface area contributed by atoms with Crippen molar-refractivity contribution in [3.8, 4) is 17.0 Å². The molecule has 0 atom stereocenters. The minimum atomic E-state index is -0.258. The van der Waals surface area contributed by atoms with E-state index >= 15 is 0 Å². The molecule has 1 aliphatic rings. The lowest BCUT2D eigenvalue weighted by atomic mass is 10.1. The van der Waals surface area contributed by atoms with Crippen LogP contribution in [0.3, 0.4) is 0 Å². The minimum absolute atomic E-state index is 0.258. The number of aromatic nitrogens is 4. The second kappa shape index (κ2) is 9.17. The zero-order chi connectivity index (χ0) is 21.8. The summed E-state index contributed by atoms with van der Waals surface area (Å²) < 4.78 is 12.5. The highest BCUT2D eigenvalue weighted by molar-refractivity contribution is 5.80. The number of amides is 1. The molecule has 4 heterocycles. The molecule has 0 spiro atoms. The van der Waals surface area contributed by atoms with Crippen LogP contribution < -0.4 is 9.64 Å². The van der Waals surface area contributed by atoms with Crippen LogP contribution >= 0.6 is 0 Å². The van der Waals surface area contributed by atoms with Gasteiger partial charge in [-0.05, 0) is 32.3 Å². The zero-order valence-electron chi connectivity index (χ0n) is 18.1. The van der Waals surface area contributed by atoms with Crippen LogP contribution in [0.4, 0.5) is 10.6 Å². The Morgan fingerprint density at radius 1 is 1.16 bits per heavy atom. The van der Waals surface area contributed by atoms with E-state index in [1.54, 1.807) is 28.9 Å². The summed E-state index contributed by atoms with van der Waals surface area (Å²) >= 11 is 0.